The summed E-state index contributed by atoms with van der Waals surface area (Å²) in [6.07, 6.45) is -8.50. The number of aromatic hydroxyl groups is 2. The van der Waals surface area contributed by atoms with Gasteiger partial charge in [-0.1, -0.05) is 38.1 Å². The predicted molar refractivity (Wildman–Crippen MR) is 261 cm³/mol. The minimum absolute atomic E-state index is 0.0111. The normalized spacial score (nSPS) is 18.0. The van der Waals surface area contributed by atoms with E-state index in [1.165, 1.54) is 59.6 Å². The van der Waals surface area contributed by atoms with Gasteiger partial charge in [-0.2, -0.15) is 0 Å². The Kier molecular flexibility index (Phi) is 31.1. The topological polar surface area (TPSA) is 338 Å². The minimum Gasteiger partial charge on any atom is -0.508 e. The summed E-state index contributed by atoms with van der Waals surface area (Å²) < 4.78 is 84.3. The van der Waals surface area contributed by atoms with Crippen LogP contribution in [0.5, 0.6) is 11.5 Å². The van der Waals surface area contributed by atoms with Gasteiger partial charge < -0.3 is 96.2 Å². The molecule has 2 aliphatic heterocycles. The first-order valence-electron chi connectivity index (χ1n) is 24.7. The van der Waals surface area contributed by atoms with E-state index in [1.807, 2.05) is 13.8 Å². The Morgan fingerprint density at radius 2 is 0.818 bits per heavy atom. The minimum atomic E-state index is -1.34. The van der Waals surface area contributed by atoms with Crippen molar-refractivity contribution in [2.24, 2.45) is 0 Å². The number of ether oxygens (including phenoxy) is 16. The molecule has 434 valence electrons. The van der Waals surface area contributed by atoms with Gasteiger partial charge in [0.1, 0.15) is 50.1 Å². The molecule has 2 saturated heterocycles. The standard InChI is InChI=1S/C26H38O13.C25H36O13/c1-5-20(17-6-8-18(28)9-7-17)35-14-22(25(30)38-10-16(2)27)37-15-23(26(31)39-12-19-11-34-19)36-13-21(32-3)24(29)33-4;1-4-19(16-5-7-17(27)8-6-16)35-14-21(24(29)33-10-9-26)37-15-22(25(30)38-12-18-11-34-18)36-13-20(31-2)23(28)32-3/h6-9,16,19-23,27-28H,5,10-15H2,1-4H3;5-8,18-22,26-27H,4,9-15H2,1-3H3. The number of benzene rings is 2. The Labute approximate surface area is 446 Å². The number of aliphatic hydroxyl groups is 2. The highest BCUT2D eigenvalue weighted by atomic mass is 16.7. The second kappa shape index (κ2) is 36.5. The first kappa shape index (κ1) is 65.7. The number of hydrogen-bond acceptors (Lipinski definition) is 26. The van der Waals surface area contributed by atoms with Gasteiger partial charge in [0, 0.05) is 14.2 Å². The summed E-state index contributed by atoms with van der Waals surface area (Å²) in [6, 6.07) is 12.9. The van der Waals surface area contributed by atoms with E-state index in [0.717, 1.165) is 11.1 Å². The van der Waals surface area contributed by atoms with Gasteiger partial charge in [-0.25, -0.2) is 28.8 Å². The average Bonchev–Trinajstić information content (AvgIpc) is 4.39. The van der Waals surface area contributed by atoms with E-state index in [4.69, 9.17) is 71.4 Å². The van der Waals surface area contributed by atoms with Gasteiger partial charge >= 0.3 is 35.8 Å². The molecular weight excluding hydrogens is 1030 g/mol. The first-order valence-corrected chi connectivity index (χ1v) is 24.7. The molecular formula is C51H74O26. The Hall–Kier alpha value is -5.62. The fourth-order valence-corrected chi connectivity index (χ4v) is 6.36. The number of phenols is 2. The summed E-state index contributed by atoms with van der Waals surface area (Å²) in [5.41, 5.74) is 1.54. The van der Waals surface area contributed by atoms with Crippen molar-refractivity contribution in [3.8, 4) is 11.5 Å². The molecule has 2 aromatic carbocycles. The van der Waals surface area contributed by atoms with E-state index < -0.39 is 111 Å². The summed E-state index contributed by atoms with van der Waals surface area (Å²) in [5.74, 6) is -4.42. The van der Waals surface area contributed by atoms with Crippen LogP contribution < -0.4 is 0 Å². The highest BCUT2D eigenvalue weighted by Gasteiger charge is 2.34. The van der Waals surface area contributed by atoms with E-state index in [2.05, 4.69) is 9.47 Å². The van der Waals surface area contributed by atoms with E-state index in [-0.39, 0.29) is 76.6 Å². The van der Waals surface area contributed by atoms with Gasteiger partial charge in [0.2, 0.25) is 0 Å². The van der Waals surface area contributed by atoms with Crippen LogP contribution in [0.4, 0.5) is 0 Å². The third-order valence-corrected chi connectivity index (χ3v) is 10.9. The van der Waals surface area contributed by atoms with Crippen molar-refractivity contribution < 1.29 is 125 Å². The third-order valence-electron chi connectivity index (χ3n) is 10.9. The van der Waals surface area contributed by atoms with Crippen molar-refractivity contribution in [3.05, 3.63) is 59.7 Å². The largest absolute Gasteiger partial charge is 0.508 e. The highest BCUT2D eigenvalue weighted by molar-refractivity contribution is 5.78. The lowest BCUT2D eigenvalue weighted by Gasteiger charge is -2.24. The molecule has 0 saturated carbocycles. The Morgan fingerprint density at radius 1 is 0.494 bits per heavy atom. The Morgan fingerprint density at radius 3 is 1.12 bits per heavy atom. The molecule has 11 unspecified atom stereocenters. The molecule has 77 heavy (non-hydrogen) atoms. The number of carbonyl (C=O) groups is 6. The second-order valence-corrected chi connectivity index (χ2v) is 17.0. The second-order valence-electron chi connectivity index (χ2n) is 17.0. The molecule has 26 heteroatoms. The zero-order chi connectivity index (χ0) is 56.7. The van der Waals surface area contributed by atoms with Gasteiger partial charge in [-0.15, -0.1) is 0 Å². The number of methoxy groups -OCH3 is 4. The van der Waals surface area contributed by atoms with Crippen molar-refractivity contribution in [2.75, 3.05) is 114 Å². The number of hydrogen-bond donors (Lipinski definition) is 4. The van der Waals surface area contributed by atoms with Crippen molar-refractivity contribution in [1.82, 2.24) is 0 Å². The quantitative estimate of drug-likeness (QED) is 0.0414. The van der Waals surface area contributed by atoms with Gasteiger partial charge in [0.05, 0.1) is 92.0 Å². The molecule has 4 rings (SSSR count). The molecule has 2 aliphatic rings. The number of rotatable bonds is 38. The van der Waals surface area contributed by atoms with E-state index in [1.54, 1.807) is 24.3 Å². The van der Waals surface area contributed by atoms with Crippen molar-refractivity contribution in [3.63, 3.8) is 0 Å². The summed E-state index contributed by atoms with van der Waals surface area (Å²) in [4.78, 5) is 74.4. The molecule has 0 aliphatic carbocycles. The van der Waals surface area contributed by atoms with E-state index in [0.29, 0.717) is 26.1 Å². The molecule has 0 aromatic heterocycles. The maximum atomic E-state index is 12.7. The van der Waals surface area contributed by atoms with Crippen LogP contribution in [0.15, 0.2) is 48.5 Å². The summed E-state index contributed by atoms with van der Waals surface area (Å²) >= 11 is 0. The zero-order valence-electron chi connectivity index (χ0n) is 44.3. The fraction of sp³-hybridized carbons (Fsp3) is 0.647. The van der Waals surface area contributed by atoms with Crippen LogP contribution in [-0.4, -0.2) is 226 Å². The third kappa shape index (κ3) is 25.6. The molecule has 4 N–H and O–H groups in total. The van der Waals surface area contributed by atoms with Crippen molar-refractivity contribution >= 4 is 35.8 Å². The Bertz CT molecular complexity index is 2030. The lowest BCUT2D eigenvalue weighted by Crippen LogP contribution is -2.41. The van der Waals surface area contributed by atoms with Gasteiger partial charge in [0.15, 0.2) is 36.6 Å². The number of epoxide rings is 2. The monoisotopic (exact) mass is 1100 g/mol. The fourth-order valence-electron chi connectivity index (χ4n) is 6.36. The molecule has 2 heterocycles. The molecule has 0 spiro atoms. The molecule has 26 nitrogen and oxygen atoms in total. The van der Waals surface area contributed by atoms with Crippen LogP contribution in [-0.2, 0) is 105 Å². The van der Waals surface area contributed by atoms with Crippen LogP contribution >= 0.6 is 0 Å². The molecule has 2 aromatic rings. The molecule has 0 amide bonds. The van der Waals surface area contributed by atoms with Crippen LogP contribution in [0.25, 0.3) is 0 Å². The number of esters is 6. The van der Waals surface area contributed by atoms with Gasteiger partial charge in [0.25, 0.3) is 0 Å². The maximum Gasteiger partial charge on any atom is 0.337 e. The summed E-state index contributed by atoms with van der Waals surface area (Å²) in [7, 11) is 4.93. The number of aliphatic hydroxyl groups excluding tert-OH is 2. The Balaban J connectivity index is 0.000000405. The molecule has 2 fully saturated rings. The average molecular weight is 1100 g/mol. The highest BCUT2D eigenvalue weighted by Crippen LogP contribution is 2.25. The lowest BCUT2D eigenvalue weighted by atomic mass is 10.1. The first-order chi connectivity index (χ1) is 37.0. The predicted octanol–water partition coefficient (Wildman–Crippen LogP) is 0.980. The van der Waals surface area contributed by atoms with Gasteiger partial charge in [-0.3, -0.25) is 0 Å². The van der Waals surface area contributed by atoms with E-state index in [9.17, 15) is 44.1 Å². The van der Waals surface area contributed by atoms with Crippen LogP contribution in [0.3, 0.4) is 0 Å². The summed E-state index contributed by atoms with van der Waals surface area (Å²) in [5, 5.41) is 37.6. The summed E-state index contributed by atoms with van der Waals surface area (Å²) in [6.45, 7) is 3.18. The SMILES string of the molecule is CCC(OCC(OCC(OCC(OC)C(=O)OC)C(=O)OCC1CO1)C(=O)OCC(C)O)c1ccc(O)cc1.CCC(OCC(OCC(OCC(OC)C(=O)OC)C(=O)OCC1CO1)C(=O)OCCO)c1ccc(O)cc1. The number of carbonyl (C=O) groups excluding carboxylic acids is 6. The van der Waals surface area contributed by atoms with Crippen LogP contribution in [0.2, 0.25) is 0 Å². The molecule has 11 atom stereocenters. The maximum absolute atomic E-state index is 12.7. The van der Waals surface area contributed by atoms with Crippen molar-refractivity contribution in [2.45, 2.75) is 101 Å². The van der Waals surface area contributed by atoms with Gasteiger partial charge in [-0.05, 0) is 55.2 Å². The van der Waals surface area contributed by atoms with Crippen LogP contribution in [0, 0.1) is 0 Å². The van der Waals surface area contributed by atoms with Crippen LogP contribution in [0.1, 0.15) is 56.9 Å². The zero-order valence-corrected chi connectivity index (χ0v) is 44.3. The number of phenolic OH excluding ortho intramolecular Hbond substituents is 2. The lowest BCUT2D eigenvalue weighted by molar-refractivity contribution is -0.180. The molecule has 0 bridgehead atoms. The molecule has 0 radical (unpaired) electrons. The van der Waals surface area contributed by atoms with E-state index >= 15 is 0 Å². The smallest absolute Gasteiger partial charge is 0.337 e. The van der Waals surface area contributed by atoms with Crippen molar-refractivity contribution in [1.29, 1.82) is 0 Å².